The van der Waals surface area contributed by atoms with Crippen LogP contribution in [0.3, 0.4) is 0 Å². The van der Waals surface area contributed by atoms with E-state index in [0.29, 0.717) is 11.4 Å². The Balaban J connectivity index is 2.45. The highest BCUT2D eigenvalue weighted by Crippen LogP contribution is 2.15. The zero-order valence-electron chi connectivity index (χ0n) is 9.04. The third kappa shape index (κ3) is 1.81. The van der Waals surface area contributed by atoms with E-state index in [0.717, 1.165) is 0 Å². The molecule has 0 radical (unpaired) electrons. The lowest BCUT2D eigenvalue weighted by Gasteiger charge is -1.99. The summed E-state index contributed by atoms with van der Waals surface area (Å²) in [5, 5.41) is 4.07. The third-order valence-corrected chi connectivity index (χ3v) is 2.09. The highest BCUT2D eigenvalue weighted by Gasteiger charge is 2.12. The maximum Gasteiger partial charge on any atom is 0.437 e. The first-order chi connectivity index (χ1) is 7.58. The van der Waals surface area contributed by atoms with E-state index in [1.165, 1.54) is 10.9 Å². The topological polar surface area (TPSA) is 86.9 Å². The summed E-state index contributed by atoms with van der Waals surface area (Å²) in [6.07, 6.45) is 1.52. The maximum atomic E-state index is 11.4. The summed E-state index contributed by atoms with van der Waals surface area (Å²) in [4.78, 5) is 15.3. The van der Waals surface area contributed by atoms with E-state index >= 15 is 0 Å². The minimum Gasteiger partial charge on any atom is -0.388 e. The Morgan fingerprint density at radius 1 is 1.44 bits per heavy atom. The second-order valence-electron chi connectivity index (χ2n) is 3.68. The van der Waals surface area contributed by atoms with Crippen molar-refractivity contribution < 1.29 is 4.42 Å². The van der Waals surface area contributed by atoms with Gasteiger partial charge in [0.2, 0.25) is 0 Å². The van der Waals surface area contributed by atoms with E-state index in [1.54, 1.807) is 12.1 Å². The number of nitrogen functional groups attached to an aromatic ring is 1. The van der Waals surface area contributed by atoms with E-state index in [4.69, 9.17) is 10.2 Å². The molecule has 84 valence electrons. The Hall–Kier alpha value is -2.11. The molecule has 2 aromatic rings. The second kappa shape index (κ2) is 3.80. The Morgan fingerprint density at radius 2 is 2.19 bits per heavy atom. The number of nitrogens with zero attached hydrogens (tertiary/aromatic N) is 3. The average Bonchev–Trinajstić information content (AvgIpc) is 2.61. The highest BCUT2D eigenvalue weighted by molar-refractivity contribution is 5.52. The first-order valence-corrected chi connectivity index (χ1v) is 4.89. The molecule has 0 amide bonds. The molecular formula is C10H12N4O2. The van der Waals surface area contributed by atoms with Crippen LogP contribution in [0.4, 0.5) is 5.82 Å². The smallest absolute Gasteiger partial charge is 0.388 e. The van der Waals surface area contributed by atoms with Crippen LogP contribution in [0.15, 0.2) is 27.5 Å². The van der Waals surface area contributed by atoms with Crippen LogP contribution < -0.4 is 11.5 Å². The zero-order chi connectivity index (χ0) is 11.7. The molecule has 6 heteroatoms. The molecule has 0 saturated carbocycles. The van der Waals surface area contributed by atoms with E-state index in [2.05, 4.69) is 10.1 Å². The van der Waals surface area contributed by atoms with Gasteiger partial charge in [-0.05, 0) is 26.0 Å². The van der Waals surface area contributed by atoms with Crippen molar-refractivity contribution in [3.05, 3.63) is 28.9 Å². The van der Waals surface area contributed by atoms with Gasteiger partial charge in [0.15, 0.2) is 0 Å². The van der Waals surface area contributed by atoms with Crippen LogP contribution in [-0.4, -0.2) is 14.8 Å². The zero-order valence-corrected chi connectivity index (χ0v) is 9.04. The Kier molecular flexibility index (Phi) is 2.47. The predicted octanol–water partition coefficient (Wildman–Crippen LogP) is 1.06. The lowest BCUT2D eigenvalue weighted by molar-refractivity contribution is 0.449. The Labute approximate surface area is 91.7 Å². The van der Waals surface area contributed by atoms with Crippen LogP contribution in [0.5, 0.6) is 0 Å². The van der Waals surface area contributed by atoms with Crippen molar-refractivity contribution in [3.63, 3.8) is 0 Å². The van der Waals surface area contributed by atoms with Crippen LogP contribution in [0, 0.1) is 0 Å². The van der Waals surface area contributed by atoms with Crippen molar-refractivity contribution >= 4 is 5.82 Å². The largest absolute Gasteiger partial charge is 0.437 e. The molecule has 6 nitrogen and oxygen atoms in total. The van der Waals surface area contributed by atoms with Crippen LogP contribution in [0.1, 0.15) is 19.9 Å². The molecule has 0 aliphatic rings. The van der Waals surface area contributed by atoms with Gasteiger partial charge in [0.05, 0.1) is 11.6 Å². The molecule has 0 aliphatic carbocycles. The van der Waals surface area contributed by atoms with Crippen molar-refractivity contribution in [2.75, 3.05) is 5.73 Å². The predicted molar refractivity (Wildman–Crippen MR) is 58.8 cm³/mol. The molecule has 2 N–H and O–H groups in total. The highest BCUT2D eigenvalue weighted by atomic mass is 16.4. The molecule has 0 atom stereocenters. The molecule has 2 rings (SSSR count). The summed E-state index contributed by atoms with van der Waals surface area (Å²) in [7, 11) is 0. The number of pyridine rings is 1. The van der Waals surface area contributed by atoms with E-state index in [-0.39, 0.29) is 11.9 Å². The summed E-state index contributed by atoms with van der Waals surface area (Å²) in [6.45, 7) is 3.71. The van der Waals surface area contributed by atoms with E-state index < -0.39 is 5.76 Å². The molecule has 0 bridgehead atoms. The van der Waals surface area contributed by atoms with Crippen molar-refractivity contribution in [1.29, 1.82) is 0 Å². The second-order valence-corrected chi connectivity index (χ2v) is 3.68. The van der Waals surface area contributed by atoms with E-state index in [1.807, 2.05) is 13.8 Å². The van der Waals surface area contributed by atoms with Gasteiger partial charge in [-0.3, -0.25) is 0 Å². The molecule has 16 heavy (non-hydrogen) atoms. The molecular weight excluding hydrogens is 208 g/mol. The average molecular weight is 220 g/mol. The molecule has 0 aliphatic heterocycles. The summed E-state index contributed by atoms with van der Waals surface area (Å²) in [6, 6.07) is 3.30. The first kappa shape index (κ1) is 10.4. The van der Waals surface area contributed by atoms with Crippen molar-refractivity contribution in [1.82, 2.24) is 14.8 Å². The Bertz CT molecular complexity index is 539. The van der Waals surface area contributed by atoms with Crippen LogP contribution >= 0.6 is 0 Å². The van der Waals surface area contributed by atoms with Crippen molar-refractivity contribution in [2.24, 2.45) is 0 Å². The van der Waals surface area contributed by atoms with Gasteiger partial charge >= 0.3 is 5.76 Å². The number of anilines is 1. The summed E-state index contributed by atoms with van der Waals surface area (Å²) < 4.78 is 6.30. The van der Waals surface area contributed by atoms with Gasteiger partial charge in [0, 0.05) is 6.20 Å². The van der Waals surface area contributed by atoms with Crippen LogP contribution in [-0.2, 0) is 0 Å². The van der Waals surface area contributed by atoms with Crippen molar-refractivity contribution in [2.45, 2.75) is 19.9 Å². The number of nitrogens with two attached hydrogens (primary N) is 1. The number of hydrogen-bond donors (Lipinski definition) is 1. The van der Waals surface area contributed by atoms with E-state index in [9.17, 15) is 4.79 Å². The molecule has 0 spiro atoms. The SMILES string of the molecule is CC(C)n1nc(-c2ccc(N)nc2)oc1=O. The maximum absolute atomic E-state index is 11.4. The molecule has 0 fully saturated rings. The summed E-state index contributed by atoms with van der Waals surface area (Å²) in [5.41, 5.74) is 6.09. The fourth-order valence-corrected chi connectivity index (χ4v) is 1.26. The normalized spacial score (nSPS) is 10.9. The van der Waals surface area contributed by atoms with Gasteiger partial charge in [-0.2, -0.15) is 4.68 Å². The van der Waals surface area contributed by atoms with Crippen molar-refractivity contribution in [3.8, 4) is 11.5 Å². The van der Waals surface area contributed by atoms with Gasteiger partial charge in [-0.25, -0.2) is 9.78 Å². The molecule has 0 unspecified atom stereocenters. The Morgan fingerprint density at radius 3 is 2.69 bits per heavy atom. The number of rotatable bonds is 2. The molecule has 0 saturated heterocycles. The van der Waals surface area contributed by atoms with Gasteiger partial charge in [0.1, 0.15) is 5.82 Å². The minimum absolute atomic E-state index is 0.0354. The summed E-state index contributed by atoms with van der Waals surface area (Å²) >= 11 is 0. The van der Waals surface area contributed by atoms with Crippen LogP contribution in [0.2, 0.25) is 0 Å². The minimum atomic E-state index is -0.471. The number of aromatic nitrogens is 3. The molecule has 2 heterocycles. The summed E-state index contributed by atoms with van der Waals surface area (Å²) in [5.74, 6) is 0.197. The monoisotopic (exact) mass is 220 g/mol. The van der Waals surface area contributed by atoms with Gasteiger partial charge < -0.3 is 10.2 Å². The fourth-order valence-electron chi connectivity index (χ4n) is 1.26. The first-order valence-electron chi connectivity index (χ1n) is 4.89. The van der Waals surface area contributed by atoms with Crippen LogP contribution in [0.25, 0.3) is 11.5 Å². The van der Waals surface area contributed by atoms with Gasteiger partial charge in [-0.15, -0.1) is 5.10 Å². The molecule has 0 aromatic carbocycles. The standard InChI is InChI=1S/C10H12N4O2/c1-6(2)14-10(15)16-9(13-14)7-3-4-8(11)12-5-7/h3-6H,1-2H3,(H2,11,12). The quantitative estimate of drug-likeness (QED) is 0.817. The molecule has 2 aromatic heterocycles. The fraction of sp³-hybridized carbons (Fsp3) is 0.300. The third-order valence-electron chi connectivity index (χ3n) is 2.09. The lowest BCUT2D eigenvalue weighted by Crippen LogP contribution is -2.17. The van der Waals surface area contributed by atoms with Gasteiger partial charge in [0.25, 0.3) is 5.89 Å². The lowest BCUT2D eigenvalue weighted by atomic mass is 10.3. The van der Waals surface area contributed by atoms with Gasteiger partial charge in [-0.1, -0.05) is 0 Å². The number of hydrogen-bond acceptors (Lipinski definition) is 5.